The number of nitrogens with zero attached hydrogens (tertiary/aromatic N) is 1. The Labute approximate surface area is 110 Å². The lowest BCUT2D eigenvalue weighted by Crippen LogP contribution is -2.53. The molecule has 0 bridgehead atoms. The van der Waals surface area contributed by atoms with E-state index in [0.717, 1.165) is 9.87 Å². The van der Waals surface area contributed by atoms with Crippen molar-refractivity contribution in [2.45, 2.75) is 11.8 Å². The highest BCUT2D eigenvalue weighted by Crippen LogP contribution is 2.21. The summed E-state index contributed by atoms with van der Waals surface area (Å²) >= 11 is 0. The minimum Gasteiger partial charge on any atom is -0.398 e. The summed E-state index contributed by atoms with van der Waals surface area (Å²) in [5, 5.41) is 2.04. The summed E-state index contributed by atoms with van der Waals surface area (Å²) in [5.74, 6) is -1.28. The summed E-state index contributed by atoms with van der Waals surface area (Å²) in [6.45, 7) is 1.01. The van der Waals surface area contributed by atoms with Gasteiger partial charge in [0.2, 0.25) is 21.8 Å². The van der Waals surface area contributed by atoms with Crippen LogP contribution in [-0.2, 0) is 19.6 Å². The maximum absolute atomic E-state index is 12.3. The molecule has 1 heterocycles. The summed E-state index contributed by atoms with van der Waals surface area (Å²) in [5.41, 5.74) is 6.77. The number of aryl methyl sites for hydroxylation is 1. The maximum Gasteiger partial charge on any atom is 0.244 e. The molecule has 3 N–H and O–H groups in total. The number of anilines is 1. The van der Waals surface area contributed by atoms with E-state index in [-0.39, 0.29) is 18.0 Å². The van der Waals surface area contributed by atoms with Gasteiger partial charge in [-0.3, -0.25) is 14.9 Å². The fourth-order valence-electron chi connectivity index (χ4n) is 1.71. The van der Waals surface area contributed by atoms with Crippen LogP contribution in [0.15, 0.2) is 23.1 Å². The molecule has 2 amide bonds. The van der Waals surface area contributed by atoms with E-state index in [2.05, 4.69) is 0 Å². The number of hydrogen-bond acceptors (Lipinski definition) is 5. The van der Waals surface area contributed by atoms with Crippen LogP contribution in [0.4, 0.5) is 5.69 Å². The van der Waals surface area contributed by atoms with Gasteiger partial charge >= 0.3 is 0 Å². The zero-order valence-corrected chi connectivity index (χ0v) is 11.0. The van der Waals surface area contributed by atoms with Gasteiger partial charge < -0.3 is 5.73 Å². The second kappa shape index (κ2) is 4.63. The molecule has 0 radical (unpaired) electrons. The first-order valence-electron chi connectivity index (χ1n) is 5.49. The molecule has 0 spiro atoms. The number of carbonyl (C=O) groups is 2. The van der Waals surface area contributed by atoms with Crippen molar-refractivity contribution in [3.05, 3.63) is 23.8 Å². The average Bonchev–Trinajstić information content (AvgIpc) is 2.31. The SMILES string of the molecule is Cc1ccc(S(=O)(=O)N2CC(=O)NC(=O)C2)cc1N. The van der Waals surface area contributed by atoms with Crippen LogP contribution < -0.4 is 11.1 Å². The van der Waals surface area contributed by atoms with E-state index in [1.165, 1.54) is 12.1 Å². The predicted octanol–water partition coefficient (Wildman–Crippen LogP) is -0.776. The van der Waals surface area contributed by atoms with Crippen molar-refractivity contribution >= 4 is 27.5 Å². The molecule has 0 unspecified atom stereocenters. The van der Waals surface area contributed by atoms with E-state index in [1.807, 2.05) is 5.32 Å². The molecular formula is C11H13N3O4S. The molecule has 8 heteroatoms. The van der Waals surface area contributed by atoms with E-state index in [4.69, 9.17) is 5.73 Å². The Morgan fingerprint density at radius 3 is 2.32 bits per heavy atom. The molecule has 0 aromatic heterocycles. The average molecular weight is 283 g/mol. The van der Waals surface area contributed by atoms with Crippen molar-refractivity contribution in [3.63, 3.8) is 0 Å². The van der Waals surface area contributed by atoms with Gasteiger partial charge in [0.1, 0.15) is 0 Å². The number of carbonyl (C=O) groups excluding carboxylic acids is 2. The minimum atomic E-state index is -3.90. The van der Waals surface area contributed by atoms with E-state index in [0.29, 0.717) is 5.69 Å². The molecule has 1 aromatic carbocycles. The van der Waals surface area contributed by atoms with Crippen molar-refractivity contribution in [1.29, 1.82) is 0 Å². The number of nitrogens with two attached hydrogens (primary N) is 1. The molecule has 0 saturated carbocycles. The largest absolute Gasteiger partial charge is 0.398 e. The molecule has 2 rings (SSSR count). The summed E-state index contributed by atoms with van der Waals surface area (Å²) in [4.78, 5) is 22.4. The zero-order chi connectivity index (χ0) is 14.2. The highest BCUT2D eigenvalue weighted by Gasteiger charge is 2.32. The van der Waals surface area contributed by atoms with Crippen LogP contribution in [0.1, 0.15) is 5.56 Å². The number of nitrogens with one attached hydrogen (secondary N) is 1. The number of piperazine rings is 1. The third kappa shape index (κ3) is 2.59. The van der Waals surface area contributed by atoms with Gasteiger partial charge in [-0.1, -0.05) is 6.07 Å². The van der Waals surface area contributed by atoms with Crippen LogP contribution in [0.2, 0.25) is 0 Å². The quantitative estimate of drug-likeness (QED) is 0.547. The fourth-order valence-corrected chi connectivity index (χ4v) is 3.10. The smallest absolute Gasteiger partial charge is 0.244 e. The third-order valence-corrected chi connectivity index (χ3v) is 4.59. The van der Waals surface area contributed by atoms with Gasteiger partial charge in [-0.15, -0.1) is 0 Å². The first-order valence-corrected chi connectivity index (χ1v) is 6.93. The maximum atomic E-state index is 12.3. The van der Waals surface area contributed by atoms with Gasteiger partial charge in [0, 0.05) is 5.69 Å². The van der Waals surface area contributed by atoms with Crippen LogP contribution >= 0.6 is 0 Å². The van der Waals surface area contributed by atoms with Crippen molar-refractivity contribution in [2.75, 3.05) is 18.8 Å². The summed E-state index contributed by atoms with van der Waals surface area (Å²) in [7, 11) is -3.90. The molecule has 1 saturated heterocycles. The number of imide groups is 1. The van der Waals surface area contributed by atoms with E-state index < -0.39 is 21.8 Å². The molecule has 1 fully saturated rings. The summed E-state index contributed by atoms with van der Waals surface area (Å²) < 4.78 is 25.4. The lowest BCUT2D eigenvalue weighted by Gasteiger charge is -2.24. The predicted molar refractivity (Wildman–Crippen MR) is 67.5 cm³/mol. The molecule has 7 nitrogen and oxygen atoms in total. The molecular weight excluding hydrogens is 270 g/mol. The number of amides is 2. The topological polar surface area (TPSA) is 110 Å². The van der Waals surface area contributed by atoms with Gasteiger partial charge in [-0.05, 0) is 24.6 Å². The highest BCUT2D eigenvalue weighted by atomic mass is 32.2. The van der Waals surface area contributed by atoms with Crippen LogP contribution in [0.3, 0.4) is 0 Å². The third-order valence-electron chi connectivity index (χ3n) is 2.81. The Hall–Kier alpha value is -1.93. The second-order valence-electron chi connectivity index (χ2n) is 4.26. The first-order chi connectivity index (χ1) is 8.80. The Bertz CT molecular complexity index is 638. The number of rotatable bonds is 2. The van der Waals surface area contributed by atoms with Crippen LogP contribution in [-0.4, -0.2) is 37.6 Å². The fraction of sp³-hybridized carbons (Fsp3) is 0.273. The normalized spacial score (nSPS) is 17.3. The van der Waals surface area contributed by atoms with Crippen LogP contribution in [0, 0.1) is 6.92 Å². The van der Waals surface area contributed by atoms with E-state index >= 15 is 0 Å². The van der Waals surface area contributed by atoms with Gasteiger partial charge in [-0.2, -0.15) is 4.31 Å². The number of hydrogen-bond donors (Lipinski definition) is 2. The van der Waals surface area contributed by atoms with Crippen LogP contribution in [0.5, 0.6) is 0 Å². The molecule has 0 atom stereocenters. The first kappa shape index (κ1) is 13.5. The zero-order valence-electron chi connectivity index (χ0n) is 10.2. The molecule has 102 valence electrons. The Morgan fingerprint density at radius 1 is 1.21 bits per heavy atom. The number of sulfonamides is 1. The molecule has 1 aromatic rings. The number of nitrogen functional groups attached to an aromatic ring is 1. The van der Waals surface area contributed by atoms with Gasteiger partial charge in [-0.25, -0.2) is 8.42 Å². The van der Waals surface area contributed by atoms with Crippen molar-refractivity contribution in [2.24, 2.45) is 0 Å². The molecule has 0 aliphatic carbocycles. The monoisotopic (exact) mass is 283 g/mol. The van der Waals surface area contributed by atoms with E-state index in [9.17, 15) is 18.0 Å². The van der Waals surface area contributed by atoms with Gasteiger partial charge in [0.15, 0.2) is 0 Å². The minimum absolute atomic E-state index is 0.0295. The van der Waals surface area contributed by atoms with E-state index in [1.54, 1.807) is 13.0 Å². The second-order valence-corrected chi connectivity index (χ2v) is 6.20. The molecule has 1 aliphatic rings. The Kier molecular flexibility index (Phi) is 3.29. The van der Waals surface area contributed by atoms with Crippen molar-refractivity contribution < 1.29 is 18.0 Å². The Morgan fingerprint density at radius 2 is 1.79 bits per heavy atom. The van der Waals surface area contributed by atoms with Crippen LogP contribution in [0.25, 0.3) is 0 Å². The number of benzene rings is 1. The summed E-state index contributed by atoms with van der Waals surface area (Å²) in [6.07, 6.45) is 0. The molecule has 1 aliphatic heterocycles. The Balaban J connectivity index is 2.39. The van der Waals surface area contributed by atoms with Crippen molar-refractivity contribution in [3.8, 4) is 0 Å². The van der Waals surface area contributed by atoms with Gasteiger partial charge in [0.05, 0.1) is 18.0 Å². The molecule has 19 heavy (non-hydrogen) atoms. The standard InChI is InChI=1S/C11H13N3O4S/c1-7-2-3-8(4-9(7)12)19(17,18)14-5-10(15)13-11(16)6-14/h2-4H,5-6,12H2,1H3,(H,13,15,16). The lowest BCUT2D eigenvalue weighted by molar-refractivity contribution is -0.134. The summed E-state index contributed by atoms with van der Waals surface area (Å²) in [6, 6.07) is 4.30. The lowest BCUT2D eigenvalue weighted by atomic mass is 10.2. The van der Waals surface area contributed by atoms with Gasteiger partial charge in [0.25, 0.3) is 0 Å². The van der Waals surface area contributed by atoms with Crippen molar-refractivity contribution in [1.82, 2.24) is 9.62 Å². The highest BCUT2D eigenvalue weighted by molar-refractivity contribution is 7.89.